The lowest BCUT2D eigenvalue weighted by Crippen LogP contribution is -2.44. The first-order valence-electron chi connectivity index (χ1n) is 11.2. The smallest absolute Gasteiger partial charge is 0.248 e. The molecule has 0 saturated heterocycles. The molecule has 1 aromatic heterocycles. The maximum atomic E-state index is 13.1. The van der Waals surface area contributed by atoms with Gasteiger partial charge in [-0.3, -0.25) is 14.4 Å². The number of halogens is 1. The van der Waals surface area contributed by atoms with E-state index in [9.17, 15) is 14.4 Å². The fraction of sp³-hybridized carbons (Fsp3) is 0.0769. The number of H-pyrrole nitrogens is 1. The zero-order chi connectivity index (χ0) is 26.2. The van der Waals surface area contributed by atoms with Gasteiger partial charge in [-0.15, -0.1) is 5.10 Å². The third-order valence-corrected chi connectivity index (χ3v) is 5.62. The molecule has 1 atom stereocenters. The molecule has 0 spiro atoms. The lowest BCUT2D eigenvalue weighted by Gasteiger charge is -2.18. The van der Waals surface area contributed by atoms with E-state index in [1.165, 1.54) is 18.2 Å². The van der Waals surface area contributed by atoms with Gasteiger partial charge in [0, 0.05) is 34.3 Å². The summed E-state index contributed by atoms with van der Waals surface area (Å²) in [6.45, 7) is 0. The Labute approximate surface area is 216 Å². The lowest BCUT2D eigenvalue weighted by molar-refractivity contribution is -0.123. The number of hydrogen-bond donors (Lipinski definition) is 4. The number of primary amides is 1. The number of carbonyl (C=O) groups excluding carboxylic acids is 3. The van der Waals surface area contributed by atoms with E-state index in [4.69, 9.17) is 17.3 Å². The molecule has 3 aromatic carbocycles. The fourth-order valence-electron chi connectivity index (χ4n) is 3.55. The number of nitrogens with two attached hydrogens (primary N) is 1. The second-order valence-corrected chi connectivity index (χ2v) is 8.43. The van der Waals surface area contributed by atoms with Crippen LogP contribution in [0.25, 0.3) is 17.5 Å². The summed E-state index contributed by atoms with van der Waals surface area (Å²) in [4.78, 5) is 37.3. The van der Waals surface area contributed by atoms with Crippen molar-refractivity contribution in [3.63, 3.8) is 0 Å². The van der Waals surface area contributed by atoms with Crippen LogP contribution in [-0.4, -0.2) is 44.4 Å². The fourth-order valence-corrected chi connectivity index (χ4v) is 3.73. The van der Waals surface area contributed by atoms with E-state index in [1.807, 2.05) is 30.3 Å². The number of tetrazole rings is 1. The SMILES string of the molecule is NC(=O)c1ccc(NC(=O)[C@H](Cc2ccccc2)NC(=O)/C=C/c2cc(Cl)ccc2-c2nnn[nH]2)cc1. The zero-order valence-electron chi connectivity index (χ0n) is 19.4. The number of anilines is 1. The molecule has 186 valence electrons. The van der Waals surface area contributed by atoms with Crippen LogP contribution in [0, 0.1) is 0 Å². The lowest BCUT2D eigenvalue weighted by atomic mass is 10.0. The van der Waals surface area contributed by atoms with Crippen molar-refractivity contribution in [2.24, 2.45) is 5.73 Å². The van der Waals surface area contributed by atoms with E-state index in [0.29, 0.717) is 33.2 Å². The van der Waals surface area contributed by atoms with E-state index >= 15 is 0 Å². The average molecular weight is 516 g/mol. The molecule has 1 heterocycles. The van der Waals surface area contributed by atoms with E-state index in [2.05, 4.69) is 31.3 Å². The maximum Gasteiger partial charge on any atom is 0.248 e. The molecule has 0 unspecified atom stereocenters. The van der Waals surface area contributed by atoms with Gasteiger partial charge in [-0.25, -0.2) is 5.10 Å². The van der Waals surface area contributed by atoms with Gasteiger partial charge < -0.3 is 16.4 Å². The van der Waals surface area contributed by atoms with Gasteiger partial charge in [0.15, 0.2) is 5.82 Å². The van der Waals surface area contributed by atoms with Crippen molar-refractivity contribution < 1.29 is 14.4 Å². The van der Waals surface area contributed by atoms with Gasteiger partial charge in [0.1, 0.15) is 6.04 Å². The van der Waals surface area contributed by atoms with Crippen LogP contribution in [0.1, 0.15) is 21.5 Å². The monoisotopic (exact) mass is 515 g/mol. The molecule has 0 aliphatic rings. The second-order valence-electron chi connectivity index (χ2n) is 8.00. The highest BCUT2D eigenvalue weighted by Gasteiger charge is 2.21. The van der Waals surface area contributed by atoms with E-state index in [0.717, 1.165) is 5.56 Å². The molecule has 10 nitrogen and oxygen atoms in total. The number of hydrogen-bond acceptors (Lipinski definition) is 6. The summed E-state index contributed by atoms with van der Waals surface area (Å²) in [7, 11) is 0. The van der Waals surface area contributed by atoms with E-state index in [1.54, 1.807) is 36.4 Å². The molecule has 37 heavy (non-hydrogen) atoms. The highest BCUT2D eigenvalue weighted by atomic mass is 35.5. The zero-order valence-corrected chi connectivity index (χ0v) is 20.1. The summed E-state index contributed by atoms with van der Waals surface area (Å²) in [5.41, 5.74) is 8.18. The molecule has 0 fully saturated rings. The van der Waals surface area contributed by atoms with Crippen LogP contribution in [0.4, 0.5) is 5.69 Å². The summed E-state index contributed by atoms with van der Waals surface area (Å²) in [5, 5.41) is 19.7. The normalized spacial score (nSPS) is 11.7. The summed E-state index contributed by atoms with van der Waals surface area (Å²) in [6, 6.07) is 19.7. The number of benzene rings is 3. The van der Waals surface area contributed by atoms with E-state index < -0.39 is 23.8 Å². The van der Waals surface area contributed by atoms with Crippen molar-refractivity contribution in [2.75, 3.05) is 5.32 Å². The Bertz CT molecular complexity index is 1420. The van der Waals surface area contributed by atoms with Crippen molar-refractivity contribution in [1.82, 2.24) is 25.9 Å². The van der Waals surface area contributed by atoms with Gasteiger partial charge in [-0.1, -0.05) is 41.9 Å². The Morgan fingerprint density at radius 2 is 1.78 bits per heavy atom. The summed E-state index contributed by atoms with van der Waals surface area (Å²) in [6.07, 6.45) is 3.14. The molecule has 0 aliphatic heterocycles. The van der Waals surface area contributed by atoms with Gasteiger partial charge in [-0.2, -0.15) is 0 Å². The number of aromatic nitrogens is 4. The Morgan fingerprint density at radius 3 is 2.46 bits per heavy atom. The number of aromatic amines is 1. The van der Waals surface area contributed by atoms with Crippen molar-refractivity contribution in [2.45, 2.75) is 12.5 Å². The number of nitrogens with one attached hydrogen (secondary N) is 3. The third kappa shape index (κ3) is 6.86. The van der Waals surface area contributed by atoms with Gasteiger partial charge in [0.25, 0.3) is 0 Å². The van der Waals surface area contributed by atoms with Gasteiger partial charge >= 0.3 is 0 Å². The highest BCUT2D eigenvalue weighted by Crippen LogP contribution is 2.24. The van der Waals surface area contributed by atoms with Gasteiger partial charge in [-0.05, 0) is 70.1 Å². The van der Waals surface area contributed by atoms with Crippen LogP contribution < -0.4 is 16.4 Å². The molecule has 0 aliphatic carbocycles. The first-order chi connectivity index (χ1) is 17.9. The van der Waals surface area contributed by atoms with Crippen LogP contribution in [-0.2, 0) is 16.0 Å². The molecule has 11 heteroatoms. The number of amides is 3. The molecule has 5 N–H and O–H groups in total. The summed E-state index contributed by atoms with van der Waals surface area (Å²) in [5.74, 6) is -1.06. The van der Waals surface area contributed by atoms with Crippen molar-refractivity contribution >= 4 is 41.1 Å². The van der Waals surface area contributed by atoms with Crippen LogP contribution in [0.3, 0.4) is 0 Å². The molecule has 4 rings (SSSR count). The largest absolute Gasteiger partial charge is 0.366 e. The standard InChI is InChI=1S/C26H22ClN7O3/c27-19-9-12-21(25-31-33-34-32-25)18(15-19)8-13-23(35)30-22(14-16-4-2-1-3-5-16)26(37)29-20-10-6-17(7-11-20)24(28)36/h1-13,15,22H,14H2,(H2,28,36)(H,29,37)(H,30,35)(H,31,32,33,34)/b13-8+/t22-/m0/s1. The molecular formula is C26H22ClN7O3. The predicted molar refractivity (Wildman–Crippen MR) is 139 cm³/mol. The minimum Gasteiger partial charge on any atom is -0.366 e. The number of rotatable bonds is 9. The predicted octanol–water partition coefficient (Wildman–Crippen LogP) is 3.00. The Morgan fingerprint density at radius 1 is 1.03 bits per heavy atom. The average Bonchev–Trinajstić information content (AvgIpc) is 3.43. The van der Waals surface area contributed by atoms with Crippen molar-refractivity contribution in [1.29, 1.82) is 0 Å². The second kappa shape index (κ2) is 11.7. The Balaban J connectivity index is 1.51. The molecule has 4 aromatic rings. The minimum absolute atomic E-state index is 0.262. The van der Waals surface area contributed by atoms with Crippen LogP contribution >= 0.6 is 11.6 Å². The molecule has 0 radical (unpaired) electrons. The first-order valence-corrected chi connectivity index (χ1v) is 11.5. The first kappa shape index (κ1) is 25.3. The molecule has 0 saturated carbocycles. The van der Waals surface area contributed by atoms with Crippen LogP contribution in [0.15, 0.2) is 78.9 Å². The van der Waals surface area contributed by atoms with Crippen LogP contribution in [0.5, 0.6) is 0 Å². The topological polar surface area (TPSA) is 156 Å². The third-order valence-electron chi connectivity index (χ3n) is 5.38. The Hall–Kier alpha value is -4.83. The Kier molecular flexibility index (Phi) is 8.01. The number of carbonyl (C=O) groups is 3. The maximum absolute atomic E-state index is 13.1. The van der Waals surface area contributed by atoms with Crippen LogP contribution in [0.2, 0.25) is 5.02 Å². The van der Waals surface area contributed by atoms with Gasteiger partial charge in [0.05, 0.1) is 0 Å². The van der Waals surface area contributed by atoms with Gasteiger partial charge in [0.2, 0.25) is 17.7 Å². The quantitative estimate of drug-likeness (QED) is 0.251. The van der Waals surface area contributed by atoms with E-state index in [-0.39, 0.29) is 6.42 Å². The van der Waals surface area contributed by atoms with Crippen molar-refractivity contribution in [3.8, 4) is 11.4 Å². The molecule has 0 bridgehead atoms. The van der Waals surface area contributed by atoms with Crippen molar-refractivity contribution in [3.05, 3.63) is 101 Å². The molecular weight excluding hydrogens is 494 g/mol. The molecule has 3 amide bonds. The minimum atomic E-state index is -0.882. The number of nitrogens with zero attached hydrogens (tertiary/aromatic N) is 3. The highest BCUT2D eigenvalue weighted by molar-refractivity contribution is 6.30. The summed E-state index contributed by atoms with van der Waals surface area (Å²) < 4.78 is 0. The summed E-state index contributed by atoms with van der Waals surface area (Å²) >= 11 is 6.14.